The first-order chi connectivity index (χ1) is 13.4. The van der Waals surface area contributed by atoms with Crippen LogP contribution in [-0.4, -0.2) is 24.2 Å². The number of hydrogen-bond acceptors (Lipinski definition) is 5. The maximum Gasteiger partial charge on any atom is 0.310 e. The van der Waals surface area contributed by atoms with Gasteiger partial charge in [-0.3, -0.25) is 9.59 Å². The largest absolute Gasteiger partial charge is 0.455 e. The fourth-order valence-corrected chi connectivity index (χ4v) is 2.61. The number of hydrogen-bond donors (Lipinski definition) is 3. The van der Waals surface area contributed by atoms with Gasteiger partial charge in [-0.25, -0.2) is 0 Å². The van der Waals surface area contributed by atoms with E-state index in [-0.39, 0.29) is 12.1 Å². The zero-order valence-electron chi connectivity index (χ0n) is 16.3. The number of ether oxygens (including phenoxy) is 1. The molecule has 2 aromatic carbocycles. The van der Waals surface area contributed by atoms with Gasteiger partial charge in [0.2, 0.25) is 0 Å². The lowest BCUT2D eigenvalue weighted by atomic mass is 10.1. The molecule has 0 spiro atoms. The van der Waals surface area contributed by atoms with E-state index in [4.69, 9.17) is 10.1 Å². The molecule has 2 rings (SSSR count). The fraction of sp³-hybridized carbons (Fsp3) is 0.227. The van der Waals surface area contributed by atoms with Crippen molar-refractivity contribution >= 4 is 23.3 Å². The molecule has 146 valence electrons. The number of esters is 1. The first-order valence-corrected chi connectivity index (χ1v) is 8.95. The Morgan fingerprint density at radius 3 is 2.29 bits per heavy atom. The van der Waals surface area contributed by atoms with Gasteiger partial charge < -0.3 is 20.8 Å². The molecule has 0 fully saturated rings. The van der Waals surface area contributed by atoms with Gasteiger partial charge in [0.15, 0.2) is 6.61 Å². The first kappa shape index (κ1) is 20.9. The van der Waals surface area contributed by atoms with Crippen LogP contribution in [0.15, 0.2) is 66.0 Å². The number of nitrogens with one attached hydrogen (secondary N) is 3. The van der Waals surface area contributed by atoms with Crippen molar-refractivity contribution in [1.29, 1.82) is 5.41 Å². The summed E-state index contributed by atoms with van der Waals surface area (Å²) < 4.78 is 5.08. The van der Waals surface area contributed by atoms with Crippen LogP contribution in [0.3, 0.4) is 0 Å². The van der Waals surface area contributed by atoms with E-state index < -0.39 is 18.5 Å². The number of allylic oxidation sites excluding steroid dienone is 2. The minimum atomic E-state index is -0.492. The molecule has 0 atom stereocenters. The average molecular weight is 379 g/mol. The number of aryl methyl sites for hydroxylation is 1. The molecule has 0 aliphatic carbocycles. The minimum absolute atomic E-state index is 0.112. The summed E-state index contributed by atoms with van der Waals surface area (Å²) >= 11 is 0. The van der Waals surface area contributed by atoms with Crippen LogP contribution in [0.5, 0.6) is 0 Å². The molecular formula is C22H25N3O3. The SMILES string of the molecule is CC(=N)/C(NC(=O)COC(=O)Cc1ccccc1C)=C(/C)Nc1ccccc1. The van der Waals surface area contributed by atoms with E-state index in [0.29, 0.717) is 11.4 Å². The summed E-state index contributed by atoms with van der Waals surface area (Å²) in [6, 6.07) is 17.0. The van der Waals surface area contributed by atoms with E-state index in [1.54, 1.807) is 13.8 Å². The highest BCUT2D eigenvalue weighted by Crippen LogP contribution is 2.12. The summed E-state index contributed by atoms with van der Waals surface area (Å²) in [5.41, 5.74) is 3.88. The molecule has 0 aromatic heterocycles. The molecule has 0 aliphatic heterocycles. The zero-order chi connectivity index (χ0) is 20.5. The van der Waals surface area contributed by atoms with Crippen LogP contribution in [0, 0.1) is 12.3 Å². The summed E-state index contributed by atoms with van der Waals surface area (Å²) in [4.78, 5) is 24.2. The highest BCUT2D eigenvalue weighted by atomic mass is 16.5. The maximum atomic E-state index is 12.2. The number of rotatable bonds is 8. The topological polar surface area (TPSA) is 91.3 Å². The molecule has 0 aliphatic rings. The van der Waals surface area contributed by atoms with Crippen LogP contribution >= 0.6 is 0 Å². The first-order valence-electron chi connectivity index (χ1n) is 8.95. The predicted molar refractivity (Wildman–Crippen MR) is 110 cm³/mol. The Balaban J connectivity index is 1.93. The molecular weight excluding hydrogens is 354 g/mol. The number of para-hydroxylation sites is 1. The zero-order valence-corrected chi connectivity index (χ0v) is 16.3. The van der Waals surface area contributed by atoms with Crippen molar-refractivity contribution in [2.24, 2.45) is 0 Å². The number of benzene rings is 2. The Kier molecular flexibility index (Phi) is 7.51. The van der Waals surface area contributed by atoms with Gasteiger partial charge in [0, 0.05) is 11.4 Å². The molecule has 0 saturated heterocycles. The Morgan fingerprint density at radius 1 is 1.00 bits per heavy atom. The van der Waals surface area contributed by atoms with E-state index >= 15 is 0 Å². The van der Waals surface area contributed by atoms with Crippen molar-refractivity contribution in [1.82, 2.24) is 5.32 Å². The Labute approximate surface area is 165 Å². The molecule has 0 bridgehead atoms. The van der Waals surface area contributed by atoms with Gasteiger partial charge >= 0.3 is 5.97 Å². The van der Waals surface area contributed by atoms with Crippen molar-refractivity contribution < 1.29 is 14.3 Å². The lowest BCUT2D eigenvalue weighted by Crippen LogP contribution is -2.32. The maximum absolute atomic E-state index is 12.2. The minimum Gasteiger partial charge on any atom is -0.455 e. The van der Waals surface area contributed by atoms with Crippen molar-refractivity contribution in [3.05, 3.63) is 77.1 Å². The van der Waals surface area contributed by atoms with Gasteiger partial charge in [-0.2, -0.15) is 0 Å². The van der Waals surface area contributed by atoms with E-state index in [9.17, 15) is 9.59 Å². The number of amides is 1. The van der Waals surface area contributed by atoms with E-state index in [1.165, 1.54) is 0 Å². The third-order valence-electron chi connectivity index (χ3n) is 4.08. The van der Waals surface area contributed by atoms with Crippen molar-refractivity contribution in [3.8, 4) is 0 Å². The van der Waals surface area contributed by atoms with Crippen LogP contribution in [0.25, 0.3) is 0 Å². The average Bonchev–Trinajstić information content (AvgIpc) is 2.66. The van der Waals surface area contributed by atoms with Crippen molar-refractivity contribution in [2.45, 2.75) is 27.2 Å². The third-order valence-corrected chi connectivity index (χ3v) is 4.08. The second-order valence-electron chi connectivity index (χ2n) is 6.43. The molecule has 1 amide bonds. The molecule has 2 aromatic rings. The van der Waals surface area contributed by atoms with Gasteiger partial charge in [0.05, 0.1) is 17.8 Å². The summed E-state index contributed by atoms with van der Waals surface area (Å²) in [6.07, 6.45) is 0.112. The number of carbonyl (C=O) groups is 2. The molecule has 0 unspecified atom stereocenters. The van der Waals surface area contributed by atoms with Crippen LogP contribution < -0.4 is 10.6 Å². The molecule has 0 radical (unpaired) electrons. The predicted octanol–water partition coefficient (Wildman–Crippen LogP) is 3.58. The smallest absolute Gasteiger partial charge is 0.310 e. The molecule has 6 heteroatoms. The quantitative estimate of drug-likeness (QED) is 0.483. The van der Waals surface area contributed by atoms with Crippen LogP contribution in [0.2, 0.25) is 0 Å². The summed E-state index contributed by atoms with van der Waals surface area (Å²) in [7, 11) is 0. The number of anilines is 1. The molecule has 0 heterocycles. The molecule has 3 N–H and O–H groups in total. The van der Waals surface area contributed by atoms with Gasteiger partial charge in [-0.05, 0) is 44.0 Å². The van der Waals surface area contributed by atoms with Gasteiger partial charge in [-0.1, -0.05) is 42.5 Å². The van der Waals surface area contributed by atoms with Crippen LogP contribution in [0.1, 0.15) is 25.0 Å². The fourth-order valence-electron chi connectivity index (χ4n) is 2.61. The highest BCUT2D eigenvalue weighted by Gasteiger charge is 2.13. The normalized spacial score (nSPS) is 11.2. The van der Waals surface area contributed by atoms with E-state index in [2.05, 4.69) is 10.6 Å². The molecule has 0 saturated carbocycles. The Hall–Kier alpha value is -3.41. The third kappa shape index (κ3) is 6.39. The lowest BCUT2D eigenvalue weighted by molar-refractivity contribution is -0.147. The van der Waals surface area contributed by atoms with Crippen LogP contribution in [0.4, 0.5) is 5.69 Å². The van der Waals surface area contributed by atoms with Crippen molar-refractivity contribution in [3.63, 3.8) is 0 Å². The molecule has 28 heavy (non-hydrogen) atoms. The van der Waals surface area contributed by atoms with Crippen molar-refractivity contribution in [2.75, 3.05) is 11.9 Å². The van der Waals surface area contributed by atoms with Gasteiger partial charge in [0.25, 0.3) is 5.91 Å². The van der Waals surface area contributed by atoms with E-state index in [0.717, 1.165) is 16.8 Å². The molecule has 6 nitrogen and oxygen atoms in total. The summed E-state index contributed by atoms with van der Waals surface area (Å²) in [5, 5.41) is 13.7. The van der Waals surface area contributed by atoms with E-state index in [1.807, 2.05) is 61.5 Å². The van der Waals surface area contributed by atoms with Gasteiger partial charge in [0.1, 0.15) is 0 Å². The highest BCUT2D eigenvalue weighted by molar-refractivity contribution is 6.00. The standard InChI is InChI=1S/C22H25N3O3/c1-15-9-7-8-10-18(15)13-21(27)28-14-20(26)25-22(16(2)23)17(3)24-19-11-5-4-6-12-19/h4-12,23-24H,13-14H2,1-3H3,(H,25,26)/b22-17+,23-16?. The Morgan fingerprint density at radius 2 is 1.64 bits per heavy atom. The number of carbonyl (C=O) groups excluding carboxylic acids is 2. The van der Waals surface area contributed by atoms with Gasteiger partial charge in [-0.15, -0.1) is 0 Å². The monoisotopic (exact) mass is 379 g/mol. The second kappa shape index (κ2) is 10.1. The van der Waals surface area contributed by atoms with Crippen LogP contribution in [-0.2, 0) is 20.7 Å². The lowest BCUT2D eigenvalue weighted by Gasteiger charge is -2.15. The Bertz CT molecular complexity index is 889. The second-order valence-corrected chi connectivity index (χ2v) is 6.43. The summed E-state index contributed by atoms with van der Waals surface area (Å²) in [5.74, 6) is -0.963. The summed E-state index contributed by atoms with van der Waals surface area (Å²) in [6.45, 7) is 4.86.